The summed E-state index contributed by atoms with van der Waals surface area (Å²) in [6.45, 7) is 9.08. The lowest BCUT2D eigenvalue weighted by Crippen LogP contribution is -2.48. The second-order valence-corrected chi connectivity index (χ2v) is 5.75. The number of nitrogens with zero attached hydrogens (tertiary/aromatic N) is 1. The summed E-state index contributed by atoms with van der Waals surface area (Å²) in [4.78, 5) is 27.1. The first-order valence-electron chi connectivity index (χ1n) is 7.30. The zero-order chi connectivity index (χ0) is 16.3. The second kappa shape index (κ2) is 10.0. The highest BCUT2D eigenvalue weighted by atomic mass is 16.2. The molecule has 0 saturated carbocycles. The summed E-state index contributed by atoms with van der Waals surface area (Å²) < 4.78 is 0. The molecule has 4 N–H and O–H groups in total. The van der Waals surface area contributed by atoms with Gasteiger partial charge in [0.25, 0.3) is 0 Å². The predicted octanol–water partition coefficient (Wildman–Crippen LogP) is -0.0176. The molecule has 0 rings (SSSR count). The highest BCUT2D eigenvalue weighted by molar-refractivity contribution is 5.87. The van der Waals surface area contributed by atoms with Crippen molar-refractivity contribution in [3.05, 3.63) is 0 Å². The second-order valence-electron chi connectivity index (χ2n) is 5.75. The van der Waals surface area contributed by atoms with E-state index in [1.54, 1.807) is 7.05 Å². The third-order valence-corrected chi connectivity index (χ3v) is 2.37. The lowest BCUT2D eigenvalue weighted by Gasteiger charge is -2.21. The molecule has 0 aromatic rings. The van der Waals surface area contributed by atoms with Crippen molar-refractivity contribution in [1.29, 1.82) is 0 Å². The van der Waals surface area contributed by atoms with Crippen molar-refractivity contribution in [3.63, 3.8) is 0 Å². The highest BCUT2D eigenvalue weighted by Crippen LogP contribution is 1.96. The summed E-state index contributed by atoms with van der Waals surface area (Å²) in [6, 6.07) is 0. The molecule has 0 unspecified atom stereocenters. The summed E-state index contributed by atoms with van der Waals surface area (Å²) in [6.07, 6.45) is 1.29. The van der Waals surface area contributed by atoms with Crippen LogP contribution in [0.1, 0.15) is 40.5 Å². The number of rotatable bonds is 7. The normalized spacial score (nSPS) is 11.8. The van der Waals surface area contributed by atoms with Gasteiger partial charge < -0.3 is 21.3 Å². The molecule has 122 valence electrons. The maximum Gasteiger partial charge on any atom is 0.239 e. The fourth-order valence-corrected chi connectivity index (χ4v) is 1.49. The van der Waals surface area contributed by atoms with Gasteiger partial charge in [-0.25, -0.2) is 0 Å². The Bertz CT molecular complexity index is 361. The number of guanidine groups is 1. The monoisotopic (exact) mass is 299 g/mol. The predicted molar refractivity (Wildman–Crippen MR) is 85.2 cm³/mol. The molecule has 0 aliphatic carbocycles. The van der Waals surface area contributed by atoms with Crippen molar-refractivity contribution in [2.45, 2.75) is 46.1 Å². The maximum atomic E-state index is 11.7. The van der Waals surface area contributed by atoms with E-state index in [1.165, 1.54) is 0 Å². The van der Waals surface area contributed by atoms with Crippen LogP contribution in [0.15, 0.2) is 4.99 Å². The Morgan fingerprint density at radius 2 is 1.67 bits per heavy atom. The molecule has 0 aromatic heterocycles. The fraction of sp³-hybridized carbons (Fsp3) is 0.786. The van der Waals surface area contributed by atoms with E-state index in [-0.39, 0.29) is 23.9 Å². The number of carbonyl (C=O) groups is 2. The molecule has 21 heavy (non-hydrogen) atoms. The first-order valence-corrected chi connectivity index (χ1v) is 7.30. The molecule has 0 saturated heterocycles. The van der Waals surface area contributed by atoms with Gasteiger partial charge in [0.15, 0.2) is 5.96 Å². The Hall–Kier alpha value is -1.79. The van der Waals surface area contributed by atoms with Crippen molar-refractivity contribution in [2.24, 2.45) is 4.99 Å². The van der Waals surface area contributed by atoms with Gasteiger partial charge >= 0.3 is 0 Å². The highest BCUT2D eigenvalue weighted by Gasteiger charge is 2.13. The summed E-state index contributed by atoms with van der Waals surface area (Å²) in [5.41, 5.74) is -0.257. The van der Waals surface area contributed by atoms with Gasteiger partial charge in [0.05, 0.1) is 6.54 Å². The molecule has 7 heteroatoms. The Balaban J connectivity index is 3.92. The number of carbonyl (C=O) groups excluding carboxylic acids is 2. The smallest absolute Gasteiger partial charge is 0.239 e. The molecule has 2 amide bonds. The van der Waals surface area contributed by atoms with E-state index in [2.05, 4.69) is 26.3 Å². The molecule has 0 bridgehead atoms. The minimum atomic E-state index is -0.257. The molecule has 0 aromatic carbocycles. The molecule has 0 atom stereocenters. The standard InChI is InChI=1S/C14H29N5O2/c1-6-8-16-11(20)7-9-17-13(15-5)18-10-12(21)19-14(2,3)4/h6-10H2,1-5H3,(H,16,20)(H,19,21)(H2,15,17,18). The average Bonchev–Trinajstić information content (AvgIpc) is 2.38. The fourth-order valence-electron chi connectivity index (χ4n) is 1.49. The molecular formula is C14H29N5O2. The Labute approximate surface area is 127 Å². The van der Waals surface area contributed by atoms with Crippen molar-refractivity contribution in [3.8, 4) is 0 Å². The number of hydrogen-bond donors (Lipinski definition) is 4. The van der Waals surface area contributed by atoms with E-state index in [9.17, 15) is 9.59 Å². The van der Waals surface area contributed by atoms with Crippen molar-refractivity contribution >= 4 is 17.8 Å². The SMILES string of the molecule is CCCNC(=O)CCNC(=NC)NCC(=O)NC(C)(C)C. The summed E-state index contributed by atoms with van der Waals surface area (Å²) in [7, 11) is 1.62. The molecule has 7 nitrogen and oxygen atoms in total. The first kappa shape index (κ1) is 19.2. The number of aliphatic imine (C=N–C) groups is 1. The summed E-state index contributed by atoms with van der Waals surface area (Å²) >= 11 is 0. The number of hydrogen-bond acceptors (Lipinski definition) is 3. The van der Waals surface area contributed by atoms with E-state index >= 15 is 0 Å². The topological polar surface area (TPSA) is 94.6 Å². The van der Waals surface area contributed by atoms with Crippen molar-refractivity contribution < 1.29 is 9.59 Å². The lowest BCUT2D eigenvalue weighted by molar-refractivity contribution is -0.122. The minimum Gasteiger partial charge on any atom is -0.356 e. The molecular weight excluding hydrogens is 270 g/mol. The van der Waals surface area contributed by atoms with Gasteiger partial charge in [0, 0.05) is 32.1 Å². The third-order valence-electron chi connectivity index (χ3n) is 2.37. The Morgan fingerprint density at radius 1 is 1.00 bits per heavy atom. The van der Waals surface area contributed by atoms with Crippen LogP contribution in [0, 0.1) is 0 Å². The quantitative estimate of drug-likeness (QED) is 0.392. The summed E-state index contributed by atoms with van der Waals surface area (Å²) in [5, 5.41) is 11.5. The van der Waals surface area contributed by atoms with E-state index in [0.717, 1.165) is 6.42 Å². The van der Waals surface area contributed by atoms with Gasteiger partial charge in [0.2, 0.25) is 11.8 Å². The van der Waals surface area contributed by atoms with Crippen LogP contribution in [0.25, 0.3) is 0 Å². The van der Waals surface area contributed by atoms with Crippen LogP contribution < -0.4 is 21.3 Å². The number of nitrogens with one attached hydrogen (secondary N) is 4. The van der Waals surface area contributed by atoms with Crippen LogP contribution in [0.2, 0.25) is 0 Å². The molecule has 0 aliphatic heterocycles. The van der Waals surface area contributed by atoms with Crippen molar-refractivity contribution in [1.82, 2.24) is 21.3 Å². The van der Waals surface area contributed by atoms with Gasteiger partial charge in [-0.05, 0) is 27.2 Å². The van der Waals surface area contributed by atoms with Crippen LogP contribution in [-0.2, 0) is 9.59 Å². The van der Waals surface area contributed by atoms with Crippen LogP contribution >= 0.6 is 0 Å². The number of amides is 2. The summed E-state index contributed by atoms with van der Waals surface area (Å²) in [5.74, 6) is 0.402. The van der Waals surface area contributed by atoms with Crippen molar-refractivity contribution in [2.75, 3.05) is 26.7 Å². The van der Waals surface area contributed by atoms with Gasteiger partial charge in [-0.2, -0.15) is 0 Å². The first-order chi connectivity index (χ1) is 9.78. The molecule has 0 spiro atoms. The molecule has 0 fully saturated rings. The lowest BCUT2D eigenvalue weighted by atomic mass is 10.1. The largest absolute Gasteiger partial charge is 0.356 e. The zero-order valence-corrected chi connectivity index (χ0v) is 13.8. The van der Waals surface area contributed by atoms with Gasteiger partial charge in [-0.3, -0.25) is 14.6 Å². The molecule has 0 aliphatic rings. The van der Waals surface area contributed by atoms with Crippen LogP contribution in [0.3, 0.4) is 0 Å². The van der Waals surface area contributed by atoms with E-state index in [4.69, 9.17) is 0 Å². The van der Waals surface area contributed by atoms with Gasteiger partial charge in [0.1, 0.15) is 0 Å². The van der Waals surface area contributed by atoms with Gasteiger partial charge in [-0.1, -0.05) is 6.92 Å². The third kappa shape index (κ3) is 11.7. The van der Waals surface area contributed by atoms with E-state index < -0.39 is 0 Å². The van der Waals surface area contributed by atoms with Crippen LogP contribution in [-0.4, -0.2) is 50.0 Å². The Morgan fingerprint density at radius 3 is 2.19 bits per heavy atom. The van der Waals surface area contributed by atoms with Crippen LogP contribution in [0.4, 0.5) is 0 Å². The molecule has 0 radical (unpaired) electrons. The van der Waals surface area contributed by atoms with E-state index in [1.807, 2.05) is 27.7 Å². The van der Waals surface area contributed by atoms with Gasteiger partial charge in [-0.15, -0.1) is 0 Å². The molecule has 0 heterocycles. The van der Waals surface area contributed by atoms with Crippen LogP contribution in [0.5, 0.6) is 0 Å². The minimum absolute atomic E-state index is 0.00489. The Kier molecular flexibility index (Phi) is 9.16. The van der Waals surface area contributed by atoms with E-state index in [0.29, 0.717) is 25.5 Å². The zero-order valence-electron chi connectivity index (χ0n) is 13.8. The average molecular weight is 299 g/mol. The maximum absolute atomic E-state index is 11.7.